The summed E-state index contributed by atoms with van der Waals surface area (Å²) in [7, 11) is 0. The maximum absolute atomic E-state index is 13.4. The van der Waals surface area contributed by atoms with Crippen LogP contribution in [0.1, 0.15) is 37.7 Å². The fraction of sp³-hybridized carbons (Fsp3) is 0.611. The Kier molecular flexibility index (Phi) is 5.06. The van der Waals surface area contributed by atoms with E-state index in [4.69, 9.17) is 4.74 Å². The smallest absolute Gasteiger partial charge is 0.343 e. The summed E-state index contributed by atoms with van der Waals surface area (Å²) in [6, 6.07) is 5.03. The van der Waals surface area contributed by atoms with Crippen LogP contribution in [0.15, 0.2) is 24.3 Å². The van der Waals surface area contributed by atoms with Crippen LogP contribution in [0, 0.1) is 11.7 Å². The Morgan fingerprint density at radius 1 is 1.20 bits per heavy atom. The van der Waals surface area contributed by atoms with Crippen LogP contribution in [0.3, 0.4) is 0 Å². The summed E-state index contributed by atoms with van der Waals surface area (Å²) in [5, 5.41) is 14.4. The van der Waals surface area contributed by atoms with E-state index in [2.05, 4.69) is 5.32 Å². The molecule has 2 aliphatic rings. The van der Waals surface area contributed by atoms with Crippen LogP contribution in [0.4, 0.5) is 13.2 Å². The predicted octanol–water partition coefficient (Wildman–Crippen LogP) is 2.74. The molecule has 0 bridgehead atoms. The van der Waals surface area contributed by atoms with Crippen LogP contribution in [0.5, 0.6) is 0 Å². The summed E-state index contributed by atoms with van der Waals surface area (Å²) in [5.74, 6) is -4.67. The number of ether oxygens (including phenoxy) is 1. The fourth-order valence-electron chi connectivity index (χ4n) is 3.72. The summed E-state index contributed by atoms with van der Waals surface area (Å²) >= 11 is 0. The zero-order valence-electron chi connectivity index (χ0n) is 13.8. The van der Waals surface area contributed by atoms with Gasteiger partial charge in [-0.1, -0.05) is 12.1 Å². The summed E-state index contributed by atoms with van der Waals surface area (Å²) < 4.78 is 45.2. The lowest BCUT2D eigenvalue weighted by Gasteiger charge is -2.37. The molecule has 1 saturated heterocycles. The van der Waals surface area contributed by atoms with Gasteiger partial charge in [0, 0.05) is 18.8 Å². The lowest BCUT2D eigenvalue weighted by atomic mass is 9.76. The van der Waals surface area contributed by atoms with Crippen LogP contribution in [-0.4, -0.2) is 36.2 Å². The molecule has 0 amide bonds. The highest BCUT2D eigenvalue weighted by Crippen LogP contribution is 2.40. The average Bonchev–Trinajstić information content (AvgIpc) is 2.94. The van der Waals surface area contributed by atoms with Gasteiger partial charge in [-0.3, -0.25) is 0 Å². The first-order valence-corrected chi connectivity index (χ1v) is 8.59. The number of carbonyl (C=O) groups is 1. The first kappa shape index (κ1) is 18.2. The number of aliphatic hydroxyl groups is 1. The van der Waals surface area contributed by atoms with Crippen molar-refractivity contribution in [3.63, 3.8) is 0 Å². The molecule has 1 aliphatic carbocycles. The molecule has 1 saturated carbocycles. The normalized spacial score (nSPS) is 26.2. The largest absolute Gasteiger partial charge is 0.460 e. The van der Waals surface area contributed by atoms with Gasteiger partial charge in [-0.2, -0.15) is 0 Å². The SMILES string of the molecule is O=C(OC1CCC(F)(F)C1)C(O)(c1ccc(F)cc1)C1CCNCC1. The Morgan fingerprint density at radius 2 is 1.84 bits per heavy atom. The molecule has 2 unspecified atom stereocenters. The highest BCUT2D eigenvalue weighted by atomic mass is 19.3. The molecule has 2 N–H and O–H groups in total. The third kappa shape index (κ3) is 3.82. The van der Waals surface area contributed by atoms with Gasteiger partial charge in [0.15, 0.2) is 5.60 Å². The molecular formula is C18H22F3NO3. The van der Waals surface area contributed by atoms with E-state index >= 15 is 0 Å². The lowest BCUT2D eigenvalue weighted by molar-refractivity contribution is -0.181. The number of halogens is 3. The van der Waals surface area contributed by atoms with Crippen molar-refractivity contribution in [1.29, 1.82) is 0 Å². The van der Waals surface area contributed by atoms with Crippen molar-refractivity contribution in [2.75, 3.05) is 13.1 Å². The van der Waals surface area contributed by atoms with Gasteiger partial charge >= 0.3 is 5.97 Å². The van der Waals surface area contributed by atoms with E-state index < -0.39 is 41.8 Å². The van der Waals surface area contributed by atoms with E-state index in [9.17, 15) is 23.1 Å². The number of esters is 1. The summed E-state index contributed by atoms with van der Waals surface area (Å²) in [6.07, 6.45) is -0.619. The number of benzene rings is 1. The van der Waals surface area contributed by atoms with Gasteiger partial charge in [0.2, 0.25) is 0 Å². The number of alkyl halides is 2. The molecule has 0 spiro atoms. The Labute approximate surface area is 144 Å². The van der Waals surface area contributed by atoms with Crippen molar-refractivity contribution in [1.82, 2.24) is 5.32 Å². The second kappa shape index (κ2) is 6.96. The quantitative estimate of drug-likeness (QED) is 0.814. The predicted molar refractivity (Wildman–Crippen MR) is 84.6 cm³/mol. The average molecular weight is 357 g/mol. The molecule has 2 fully saturated rings. The van der Waals surface area contributed by atoms with E-state index in [1.165, 1.54) is 24.3 Å². The van der Waals surface area contributed by atoms with Crippen molar-refractivity contribution in [2.45, 2.75) is 49.7 Å². The van der Waals surface area contributed by atoms with Gasteiger partial charge < -0.3 is 15.2 Å². The molecule has 0 aromatic heterocycles. The van der Waals surface area contributed by atoms with Crippen LogP contribution < -0.4 is 5.32 Å². The van der Waals surface area contributed by atoms with Gasteiger partial charge in [0.25, 0.3) is 5.92 Å². The van der Waals surface area contributed by atoms with E-state index in [0.717, 1.165) is 0 Å². The van der Waals surface area contributed by atoms with E-state index in [-0.39, 0.29) is 18.4 Å². The zero-order chi connectivity index (χ0) is 18.1. The Hall–Kier alpha value is -1.60. The lowest BCUT2D eigenvalue weighted by Crippen LogP contribution is -2.49. The molecule has 3 rings (SSSR count). The van der Waals surface area contributed by atoms with Gasteiger partial charge in [0.05, 0.1) is 0 Å². The molecule has 1 heterocycles. The molecule has 7 heteroatoms. The van der Waals surface area contributed by atoms with E-state index in [1.54, 1.807) is 0 Å². The zero-order valence-corrected chi connectivity index (χ0v) is 13.8. The molecular weight excluding hydrogens is 335 g/mol. The molecule has 0 radical (unpaired) electrons. The first-order valence-electron chi connectivity index (χ1n) is 8.59. The minimum Gasteiger partial charge on any atom is -0.460 e. The van der Waals surface area contributed by atoms with Crippen LogP contribution in [0.25, 0.3) is 0 Å². The third-order valence-electron chi connectivity index (χ3n) is 5.16. The highest BCUT2D eigenvalue weighted by Gasteiger charge is 2.49. The second-order valence-electron chi connectivity index (χ2n) is 6.92. The van der Waals surface area contributed by atoms with Crippen molar-refractivity contribution < 1.29 is 27.8 Å². The molecule has 25 heavy (non-hydrogen) atoms. The first-order chi connectivity index (χ1) is 11.8. The molecule has 4 nitrogen and oxygen atoms in total. The Balaban J connectivity index is 1.85. The maximum Gasteiger partial charge on any atom is 0.343 e. The number of hydrogen-bond acceptors (Lipinski definition) is 4. The minimum atomic E-state index is -2.84. The third-order valence-corrected chi connectivity index (χ3v) is 5.16. The fourth-order valence-corrected chi connectivity index (χ4v) is 3.72. The summed E-state index contributed by atoms with van der Waals surface area (Å²) in [4.78, 5) is 12.8. The highest BCUT2D eigenvalue weighted by molar-refractivity contribution is 5.81. The summed E-state index contributed by atoms with van der Waals surface area (Å²) in [5.41, 5.74) is -1.73. The standard InChI is InChI=1S/C18H22F3NO3/c19-14-3-1-12(2-4-14)18(24,13-6-9-22-10-7-13)16(23)25-15-5-8-17(20,21)11-15/h1-4,13,15,22,24H,5-11H2. The van der Waals surface area contributed by atoms with Gasteiger partial charge in [-0.05, 0) is 50.0 Å². The molecule has 1 aliphatic heterocycles. The molecule has 138 valence electrons. The maximum atomic E-state index is 13.4. The Bertz CT molecular complexity index is 616. The number of nitrogens with one attached hydrogen (secondary N) is 1. The topological polar surface area (TPSA) is 58.6 Å². The van der Waals surface area contributed by atoms with Crippen molar-refractivity contribution in [3.05, 3.63) is 35.6 Å². The van der Waals surface area contributed by atoms with Crippen LogP contribution in [0.2, 0.25) is 0 Å². The molecule has 1 aromatic rings. The summed E-state index contributed by atoms with van der Waals surface area (Å²) in [6.45, 7) is 1.26. The van der Waals surface area contributed by atoms with E-state index in [0.29, 0.717) is 25.9 Å². The minimum absolute atomic E-state index is 0.0739. The molecule has 2 atom stereocenters. The van der Waals surface area contributed by atoms with Gasteiger partial charge in [0.1, 0.15) is 11.9 Å². The number of piperidine rings is 1. The van der Waals surface area contributed by atoms with Gasteiger partial charge in [-0.25, -0.2) is 18.0 Å². The van der Waals surface area contributed by atoms with Crippen LogP contribution >= 0.6 is 0 Å². The Morgan fingerprint density at radius 3 is 2.40 bits per heavy atom. The van der Waals surface area contributed by atoms with Gasteiger partial charge in [-0.15, -0.1) is 0 Å². The van der Waals surface area contributed by atoms with Crippen molar-refractivity contribution >= 4 is 5.97 Å². The number of hydrogen-bond donors (Lipinski definition) is 2. The van der Waals surface area contributed by atoms with E-state index in [1.807, 2.05) is 0 Å². The second-order valence-corrected chi connectivity index (χ2v) is 6.92. The van der Waals surface area contributed by atoms with Crippen LogP contribution in [-0.2, 0) is 15.1 Å². The van der Waals surface area contributed by atoms with Crippen molar-refractivity contribution in [2.24, 2.45) is 5.92 Å². The number of rotatable bonds is 4. The molecule has 1 aromatic carbocycles. The number of carbonyl (C=O) groups excluding carboxylic acids is 1. The monoisotopic (exact) mass is 357 g/mol. The van der Waals surface area contributed by atoms with Crippen molar-refractivity contribution in [3.8, 4) is 0 Å².